The number of rotatable bonds is 5. The number of nitrogens with zero attached hydrogens (tertiary/aromatic N) is 4. The van der Waals surface area contributed by atoms with E-state index in [1.165, 1.54) is 21.9 Å². The summed E-state index contributed by atoms with van der Waals surface area (Å²) in [5.74, 6) is 0. The van der Waals surface area contributed by atoms with Crippen molar-refractivity contribution in [1.29, 1.82) is 0 Å². The number of aliphatic hydroxyl groups is 1. The predicted molar refractivity (Wildman–Crippen MR) is 74.0 cm³/mol. The van der Waals surface area contributed by atoms with Crippen molar-refractivity contribution in [3.05, 3.63) is 22.1 Å². The van der Waals surface area contributed by atoms with E-state index in [-0.39, 0.29) is 12.2 Å². The smallest absolute Gasteiger partial charge is 0.275 e. The summed E-state index contributed by atoms with van der Waals surface area (Å²) in [5, 5.41) is 14.3. The summed E-state index contributed by atoms with van der Waals surface area (Å²) in [4.78, 5) is 19.1. The Kier molecular flexibility index (Phi) is 3.24. The molecule has 3 rings (SSSR count). The maximum atomic E-state index is 11.9. The SMILES string of the molecule is CCc1cc(=O)n2nc(N(CCO)C3CC3)sc2n1. The van der Waals surface area contributed by atoms with Crippen LogP contribution in [0.2, 0.25) is 0 Å². The van der Waals surface area contributed by atoms with E-state index in [4.69, 9.17) is 5.11 Å². The van der Waals surface area contributed by atoms with Crippen molar-refractivity contribution >= 4 is 21.4 Å². The first-order valence-corrected chi connectivity index (χ1v) is 7.32. The molecule has 19 heavy (non-hydrogen) atoms. The van der Waals surface area contributed by atoms with Gasteiger partial charge in [-0.05, 0) is 19.3 Å². The van der Waals surface area contributed by atoms with Crippen molar-refractivity contribution < 1.29 is 5.11 Å². The maximum absolute atomic E-state index is 11.9. The van der Waals surface area contributed by atoms with Crippen molar-refractivity contribution in [1.82, 2.24) is 14.6 Å². The lowest BCUT2D eigenvalue weighted by Crippen LogP contribution is -2.29. The van der Waals surface area contributed by atoms with Gasteiger partial charge in [-0.3, -0.25) is 4.79 Å². The van der Waals surface area contributed by atoms with Gasteiger partial charge in [-0.2, -0.15) is 4.52 Å². The number of fused-ring (bicyclic) bond motifs is 1. The van der Waals surface area contributed by atoms with E-state index in [1.54, 1.807) is 0 Å². The Hall–Kier alpha value is -1.47. The highest BCUT2D eigenvalue weighted by molar-refractivity contribution is 7.20. The number of hydrogen-bond acceptors (Lipinski definition) is 6. The van der Waals surface area contributed by atoms with Crippen LogP contribution in [0.1, 0.15) is 25.5 Å². The van der Waals surface area contributed by atoms with Gasteiger partial charge in [0.1, 0.15) is 0 Å². The molecule has 6 nitrogen and oxygen atoms in total. The number of hydrogen-bond donors (Lipinski definition) is 1. The van der Waals surface area contributed by atoms with Crippen LogP contribution < -0.4 is 10.5 Å². The van der Waals surface area contributed by atoms with Gasteiger partial charge < -0.3 is 10.0 Å². The lowest BCUT2D eigenvalue weighted by Gasteiger charge is -2.18. The van der Waals surface area contributed by atoms with Crippen molar-refractivity contribution in [3.63, 3.8) is 0 Å². The van der Waals surface area contributed by atoms with Gasteiger partial charge in [-0.15, -0.1) is 5.10 Å². The zero-order chi connectivity index (χ0) is 13.4. The first-order valence-electron chi connectivity index (χ1n) is 6.50. The Morgan fingerprint density at radius 2 is 2.37 bits per heavy atom. The highest BCUT2D eigenvalue weighted by Crippen LogP contribution is 2.33. The molecule has 0 aliphatic heterocycles. The molecule has 1 N–H and O–H groups in total. The second-order valence-electron chi connectivity index (χ2n) is 4.67. The van der Waals surface area contributed by atoms with Crippen LogP contribution in [-0.2, 0) is 6.42 Å². The van der Waals surface area contributed by atoms with Crippen LogP contribution in [0.25, 0.3) is 4.96 Å². The van der Waals surface area contributed by atoms with Crippen LogP contribution in [0.5, 0.6) is 0 Å². The normalized spacial score (nSPS) is 15.1. The molecule has 7 heteroatoms. The van der Waals surface area contributed by atoms with Crippen LogP contribution in [0, 0.1) is 0 Å². The summed E-state index contributed by atoms with van der Waals surface area (Å²) in [6, 6.07) is 1.98. The minimum absolute atomic E-state index is 0.0922. The summed E-state index contributed by atoms with van der Waals surface area (Å²) in [5.41, 5.74) is 0.657. The van der Waals surface area contributed by atoms with Crippen LogP contribution >= 0.6 is 11.3 Å². The van der Waals surface area contributed by atoms with E-state index in [0.29, 0.717) is 17.5 Å². The second-order valence-corrected chi connectivity index (χ2v) is 5.60. The minimum atomic E-state index is -0.135. The van der Waals surface area contributed by atoms with Crippen molar-refractivity contribution in [2.75, 3.05) is 18.1 Å². The molecule has 0 bridgehead atoms. The maximum Gasteiger partial charge on any atom is 0.275 e. The van der Waals surface area contributed by atoms with E-state index in [0.717, 1.165) is 30.1 Å². The topological polar surface area (TPSA) is 70.7 Å². The van der Waals surface area contributed by atoms with Gasteiger partial charge in [-0.1, -0.05) is 18.3 Å². The summed E-state index contributed by atoms with van der Waals surface area (Å²) in [7, 11) is 0. The Bertz CT molecular complexity index is 647. The van der Waals surface area contributed by atoms with E-state index in [9.17, 15) is 4.79 Å². The fraction of sp³-hybridized carbons (Fsp3) is 0.583. The molecule has 2 heterocycles. The molecule has 0 atom stereocenters. The van der Waals surface area contributed by atoms with E-state index in [1.807, 2.05) is 6.92 Å². The van der Waals surface area contributed by atoms with Crippen molar-refractivity contribution in [3.8, 4) is 0 Å². The standard InChI is InChI=1S/C12H16N4O2S/c1-2-8-7-10(18)16-11(13-8)19-12(14-16)15(5-6-17)9-3-4-9/h7,9,17H,2-6H2,1H3. The van der Waals surface area contributed by atoms with E-state index < -0.39 is 0 Å². The molecule has 0 unspecified atom stereocenters. The predicted octanol–water partition coefficient (Wildman–Crippen LogP) is 0.674. The molecule has 1 aliphatic rings. The molecule has 0 amide bonds. The second kappa shape index (κ2) is 4.90. The van der Waals surface area contributed by atoms with Gasteiger partial charge in [0, 0.05) is 24.3 Å². The Labute approximate surface area is 114 Å². The summed E-state index contributed by atoms with van der Waals surface area (Å²) >= 11 is 1.41. The van der Waals surface area contributed by atoms with Gasteiger partial charge in [0.05, 0.1) is 6.61 Å². The molecular weight excluding hydrogens is 264 g/mol. The monoisotopic (exact) mass is 280 g/mol. The Morgan fingerprint density at radius 3 is 3.00 bits per heavy atom. The lowest BCUT2D eigenvalue weighted by atomic mass is 10.3. The molecule has 1 saturated carbocycles. The fourth-order valence-corrected chi connectivity index (χ4v) is 3.10. The average molecular weight is 280 g/mol. The van der Waals surface area contributed by atoms with Gasteiger partial charge in [0.15, 0.2) is 0 Å². The largest absolute Gasteiger partial charge is 0.395 e. The molecule has 0 radical (unpaired) electrons. The van der Waals surface area contributed by atoms with Gasteiger partial charge >= 0.3 is 0 Å². The molecule has 2 aromatic rings. The van der Waals surface area contributed by atoms with Gasteiger partial charge in [0.2, 0.25) is 10.1 Å². The highest BCUT2D eigenvalue weighted by Gasteiger charge is 2.31. The first kappa shape index (κ1) is 12.6. The number of aromatic nitrogens is 3. The summed E-state index contributed by atoms with van der Waals surface area (Å²) in [6.45, 7) is 2.62. The third kappa shape index (κ3) is 2.35. The highest BCUT2D eigenvalue weighted by atomic mass is 32.1. The van der Waals surface area contributed by atoms with Crippen molar-refractivity contribution in [2.45, 2.75) is 32.2 Å². The quantitative estimate of drug-likeness (QED) is 0.872. The van der Waals surface area contributed by atoms with Gasteiger partial charge in [0.25, 0.3) is 5.56 Å². The average Bonchev–Trinajstić information content (AvgIpc) is 3.14. The van der Waals surface area contributed by atoms with E-state index in [2.05, 4.69) is 15.0 Å². The molecule has 0 spiro atoms. The summed E-state index contributed by atoms with van der Waals surface area (Å²) in [6.07, 6.45) is 2.98. The Morgan fingerprint density at radius 1 is 1.58 bits per heavy atom. The fourth-order valence-electron chi connectivity index (χ4n) is 2.07. The zero-order valence-electron chi connectivity index (χ0n) is 10.7. The molecule has 1 fully saturated rings. The number of aryl methyl sites for hydroxylation is 1. The first-order chi connectivity index (χ1) is 9.22. The minimum Gasteiger partial charge on any atom is -0.395 e. The molecule has 2 aromatic heterocycles. The van der Waals surface area contributed by atoms with Crippen LogP contribution in [0.4, 0.5) is 5.13 Å². The lowest BCUT2D eigenvalue weighted by molar-refractivity contribution is 0.301. The van der Waals surface area contributed by atoms with Crippen LogP contribution in [-0.4, -0.2) is 38.9 Å². The molecule has 0 saturated heterocycles. The zero-order valence-corrected chi connectivity index (χ0v) is 11.6. The number of anilines is 1. The number of aliphatic hydroxyl groups excluding tert-OH is 1. The van der Waals surface area contributed by atoms with Gasteiger partial charge in [-0.25, -0.2) is 4.98 Å². The molecule has 0 aromatic carbocycles. The third-order valence-corrected chi connectivity index (χ3v) is 4.17. The van der Waals surface area contributed by atoms with Crippen LogP contribution in [0.3, 0.4) is 0 Å². The van der Waals surface area contributed by atoms with Crippen LogP contribution in [0.15, 0.2) is 10.9 Å². The molecule has 1 aliphatic carbocycles. The molecule has 102 valence electrons. The molecular formula is C12H16N4O2S. The third-order valence-electron chi connectivity index (χ3n) is 3.22. The summed E-state index contributed by atoms with van der Waals surface area (Å²) < 4.78 is 1.35. The Balaban J connectivity index is 2.05. The van der Waals surface area contributed by atoms with Crippen molar-refractivity contribution in [2.24, 2.45) is 0 Å². The van der Waals surface area contributed by atoms with E-state index >= 15 is 0 Å².